The van der Waals surface area contributed by atoms with Crippen molar-refractivity contribution >= 4 is 20.1 Å². The van der Waals surface area contributed by atoms with E-state index in [9.17, 15) is 9.59 Å². The molecule has 9 heteroatoms. The van der Waals surface area contributed by atoms with Gasteiger partial charge >= 0.3 is 5.97 Å². The molecule has 0 unspecified atom stereocenters. The Kier molecular flexibility index (Phi) is 12.6. The van der Waals surface area contributed by atoms with E-state index in [4.69, 9.17) is 28.4 Å². The molecule has 0 fully saturated rings. The summed E-state index contributed by atoms with van der Waals surface area (Å²) in [4.78, 5) is 33.3. The van der Waals surface area contributed by atoms with Crippen LogP contribution in [0.15, 0.2) is 48.5 Å². The van der Waals surface area contributed by atoms with Gasteiger partial charge in [-0.15, -0.1) is 0 Å². The van der Waals surface area contributed by atoms with E-state index in [0.29, 0.717) is 41.3 Å². The van der Waals surface area contributed by atoms with Gasteiger partial charge in [-0.1, -0.05) is 47.1 Å². The summed E-state index contributed by atoms with van der Waals surface area (Å²) in [5, 5.41) is 0.0989. The number of rotatable bonds is 15. The van der Waals surface area contributed by atoms with Crippen molar-refractivity contribution in [3.63, 3.8) is 0 Å². The van der Waals surface area contributed by atoms with Crippen molar-refractivity contribution in [1.82, 2.24) is 4.98 Å². The van der Waals surface area contributed by atoms with E-state index in [1.807, 2.05) is 51.1 Å². The van der Waals surface area contributed by atoms with Crippen molar-refractivity contribution in [3.05, 3.63) is 82.2 Å². The predicted molar refractivity (Wildman–Crippen MR) is 200 cm³/mol. The molecule has 0 radical (unpaired) electrons. The predicted octanol–water partition coefficient (Wildman–Crippen LogP) is 9.46. The molecule has 0 aliphatic carbocycles. The summed E-state index contributed by atoms with van der Waals surface area (Å²) in [6, 6.07) is 15.0. The minimum absolute atomic E-state index is 0.0110. The van der Waals surface area contributed by atoms with Gasteiger partial charge in [-0.2, -0.15) is 0 Å². The van der Waals surface area contributed by atoms with Gasteiger partial charge in [0.25, 0.3) is 0 Å². The highest BCUT2D eigenvalue weighted by Crippen LogP contribution is 2.39. The molecule has 0 saturated heterocycles. The summed E-state index contributed by atoms with van der Waals surface area (Å²) >= 11 is 0. The Bertz CT molecular complexity index is 1650. The number of unbranched alkanes of at least 4 members (excludes halogenated alkanes) is 1. The zero-order chi connectivity index (χ0) is 36.9. The van der Waals surface area contributed by atoms with Crippen LogP contribution in [-0.4, -0.2) is 51.2 Å². The van der Waals surface area contributed by atoms with Crippen molar-refractivity contribution in [3.8, 4) is 17.2 Å². The highest BCUT2D eigenvalue weighted by Gasteiger charge is 2.37. The van der Waals surface area contributed by atoms with Crippen LogP contribution in [0.25, 0.3) is 0 Å². The minimum Gasteiger partial charge on any atom is -0.497 e. The number of nitrogens with zero attached hydrogens (tertiary/aromatic N) is 1. The normalized spacial score (nSPS) is 14.3. The summed E-state index contributed by atoms with van der Waals surface area (Å²) in [6.45, 7) is 21.9. The van der Waals surface area contributed by atoms with Gasteiger partial charge in [-0.25, -0.2) is 0 Å². The lowest BCUT2D eigenvalue weighted by Crippen LogP contribution is -2.41. The molecule has 0 saturated carbocycles. The Balaban J connectivity index is 1.85. The fourth-order valence-electron chi connectivity index (χ4n) is 5.80. The number of ether oxygens (including phenoxy) is 4. The maximum Gasteiger partial charge on any atom is 0.307 e. The molecule has 0 spiro atoms. The van der Waals surface area contributed by atoms with Crippen LogP contribution < -0.4 is 14.2 Å². The van der Waals surface area contributed by atoms with E-state index in [-0.39, 0.29) is 35.9 Å². The van der Waals surface area contributed by atoms with E-state index in [1.165, 1.54) is 0 Å². The molecule has 2 atom stereocenters. The average Bonchev–Trinajstić information content (AvgIpc) is 3.52. The molecule has 0 bridgehead atoms. The Morgan fingerprint density at radius 2 is 1.68 bits per heavy atom. The first-order valence-electron chi connectivity index (χ1n) is 17.9. The third-order valence-corrected chi connectivity index (χ3v) is 14.1. The molecule has 1 aliphatic rings. The Morgan fingerprint density at radius 1 is 0.960 bits per heavy atom. The van der Waals surface area contributed by atoms with Crippen molar-refractivity contribution in [2.45, 2.75) is 117 Å². The van der Waals surface area contributed by atoms with Crippen LogP contribution in [-0.2, 0) is 26.8 Å². The van der Waals surface area contributed by atoms with E-state index in [1.54, 1.807) is 25.3 Å². The number of esters is 1. The van der Waals surface area contributed by atoms with Crippen LogP contribution in [0.5, 0.6) is 17.2 Å². The summed E-state index contributed by atoms with van der Waals surface area (Å²) in [7, 11) is -0.307. The Labute approximate surface area is 300 Å². The molecule has 2 aromatic carbocycles. The second-order valence-corrected chi connectivity index (χ2v) is 20.8. The van der Waals surface area contributed by atoms with Gasteiger partial charge in [0, 0.05) is 29.3 Å². The molecule has 0 amide bonds. The summed E-state index contributed by atoms with van der Waals surface area (Å²) in [5.41, 5.74) is 3.59. The second kappa shape index (κ2) is 16.1. The first-order chi connectivity index (χ1) is 23.4. The summed E-state index contributed by atoms with van der Waals surface area (Å²) in [6.07, 6.45) is 3.42. The largest absolute Gasteiger partial charge is 0.497 e. The lowest BCUT2D eigenvalue weighted by Gasteiger charge is -2.37. The van der Waals surface area contributed by atoms with E-state index in [2.05, 4.69) is 47.7 Å². The first-order valence-corrected chi connectivity index (χ1v) is 20.8. The molecule has 8 nitrogen and oxygen atoms in total. The van der Waals surface area contributed by atoms with Gasteiger partial charge in [0.2, 0.25) is 6.79 Å². The summed E-state index contributed by atoms with van der Waals surface area (Å²) in [5.74, 6) is 0.908. The standard InChI is InChI=1S/C41H57NO7Si/c1-12-13-14-30-16-18-33(39(44)28-15-20-35-36(23-28)47-26-46-35)38(42-30)34(24-37(43)49-40(3,4)5)32-19-17-31(45-9)22-29(32)21-27(2)25-48-50(10,11)41(6,7)8/h15-20,22-23,27,34H,12-14,21,24-26H2,1-11H3/t27-,34+/m0/s1. The summed E-state index contributed by atoms with van der Waals surface area (Å²) < 4.78 is 29.3. The van der Waals surface area contributed by atoms with E-state index < -0.39 is 19.8 Å². The molecular formula is C41H57NO7Si. The highest BCUT2D eigenvalue weighted by atomic mass is 28.4. The molecule has 1 aliphatic heterocycles. The van der Waals surface area contributed by atoms with Gasteiger partial charge < -0.3 is 23.4 Å². The molecule has 4 rings (SSSR count). The second-order valence-electron chi connectivity index (χ2n) is 16.0. The number of methoxy groups -OCH3 is 1. The zero-order valence-electron chi connectivity index (χ0n) is 32.0. The zero-order valence-corrected chi connectivity index (χ0v) is 33.0. The van der Waals surface area contributed by atoms with Gasteiger partial charge in [0.05, 0.1) is 19.2 Å². The fourth-order valence-corrected chi connectivity index (χ4v) is 6.93. The van der Waals surface area contributed by atoms with Crippen LogP contribution in [0, 0.1) is 5.92 Å². The molecule has 1 aromatic heterocycles. The monoisotopic (exact) mass is 703 g/mol. The molecule has 0 N–H and O–H groups in total. The van der Waals surface area contributed by atoms with E-state index in [0.717, 1.165) is 41.8 Å². The van der Waals surface area contributed by atoms with Crippen LogP contribution in [0.4, 0.5) is 0 Å². The molecule has 272 valence electrons. The number of carbonyl (C=O) groups is 2. The number of fused-ring (bicyclic) bond motifs is 1. The number of ketones is 1. The van der Waals surface area contributed by atoms with Crippen molar-refractivity contribution in [1.29, 1.82) is 0 Å². The quantitative estimate of drug-likeness (QED) is 0.0878. The molecule has 2 heterocycles. The average molecular weight is 704 g/mol. The van der Waals surface area contributed by atoms with Gasteiger partial charge in [0.1, 0.15) is 11.4 Å². The molecular weight excluding hydrogens is 647 g/mol. The Hall–Kier alpha value is -3.69. The maximum absolute atomic E-state index is 14.4. The number of carbonyl (C=O) groups excluding carboxylic acids is 2. The smallest absolute Gasteiger partial charge is 0.307 e. The van der Waals surface area contributed by atoms with Gasteiger partial charge in [0.15, 0.2) is 25.6 Å². The topological polar surface area (TPSA) is 93.2 Å². The lowest BCUT2D eigenvalue weighted by atomic mass is 9.82. The van der Waals surface area contributed by atoms with Crippen LogP contribution >= 0.6 is 0 Å². The SMILES string of the molecule is CCCCc1ccc(C(=O)c2ccc3c(c2)OCO3)c([C@H](CC(=O)OC(C)(C)C)c2ccc(OC)cc2C[C@H](C)CO[Si](C)(C)C(C)(C)C)n1. The highest BCUT2D eigenvalue weighted by molar-refractivity contribution is 6.74. The fraction of sp³-hybridized carbons (Fsp3) is 0.537. The number of hydrogen-bond acceptors (Lipinski definition) is 8. The van der Waals surface area contributed by atoms with Crippen molar-refractivity contribution in [2.24, 2.45) is 5.92 Å². The third-order valence-electron chi connectivity index (χ3n) is 9.60. The van der Waals surface area contributed by atoms with E-state index >= 15 is 0 Å². The van der Waals surface area contributed by atoms with Gasteiger partial charge in [-0.3, -0.25) is 14.6 Å². The van der Waals surface area contributed by atoms with Crippen molar-refractivity contribution in [2.75, 3.05) is 20.5 Å². The van der Waals surface area contributed by atoms with Crippen molar-refractivity contribution < 1.29 is 33.0 Å². The number of aryl methyl sites for hydroxylation is 1. The number of pyridine rings is 1. The first kappa shape index (κ1) is 39.1. The van der Waals surface area contributed by atoms with Crippen LogP contribution in [0.3, 0.4) is 0 Å². The van der Waals surface area contributed by atoms with Gasteiger partial charge in [-0.05, 0) is 118 Å². The molecule has 3 aromatic rings. The van der Waals surface area contributed by atoms with Crippen LogP contribution in [0.1, 0.15) is 119 Å². The number of aromatic nitrogens is 1. The minimum atomic E-state index is -1.96. The number of benzene rings is 2. The molecule has 50 heavy (non-hydrogen) atoms. The number of hydrogen-bond donors (Lipinski definition) is 0. The Morgan fingerprint density at radius 3 is 2.34 bits per heavy atom. The third kappa shape index (κ3) is 9.97. The maximum atomic E-state index is 14.4. The lowest BCUT2D eigenvalue weighted by molar-refractivity contribution is -0.155. The van der Waals surface area contributed by atoms with Crippen LogP contribution in [0.2, 0.25) is 18.1 Å².